The lowest BCUT2D eigenvalue weighted by molar-refractivity contribution is -0.245. The lowest BCUT2D eigenvalue weighted by Crippen LogP contribution is -2.31. The van der Waals surface area contributed by atoms with Gasteiger partial charge in [0.05, 0.1) is 25.2 Å². The number of benzene rings is 3. The van der Waals surface area contributed by atoms with Crippen molar-refractivity contribution in [2.45, 2.75) is 56.1 Å². The highest BCUT2D eigenvalue weighted by atomic mass is 32.2. The summed E-state index contributed by atoms with van der Waals surface area (Å²) in [6.07, 6.45) is -0.553. The number of carbonyl (C=O) groups is 2. The Labute approximate surface area is 253 Å². The van der Waals surface area contributed by atoms with Gasteiger partial charge in [-0.1, -0.05) is 84.6 Å². The average molecular weight is 604 g/mol. The van der Waals surface area contributed by atoms with Crippen LogP contribution >= 0.6 is 11.8 Å². The van der Waals surface area contributed by atoms with E-state index in [1.165, 1.54) is 11.8 Å². The monoisotopic (exact) mass is 603 g/mol. The molecule has 2 heterocycles. The first kappa shape index (κ1) is 30.4. The molecule has 12 heteroatoms. The Morgan fingerprint density at radius 3 is 2.44 bits per heavy atom. The first-order valence-corrected chi connectivity index (χ1v) is 14.9. The second kappa shape index (κ2) is 14.4. The van der Waals surface area contributed by atoms with Crippen LogP contribution in [0.2, 0.25) is 0 Å². The highest BCUT2D eigenvalue weighted by Crippen LogP contribution is 2.39. The van der Waals surface area contributed by atoms with E-state index in [-0.39, 0.29) is 37.6 Å². The van der Waals surface area contributed by atoms with Crippen molar-refractivity contribution in [1.82, 2.24) is 25.5 Å². The fourth-order valence-corrected chi connectivity index (χ4v) is 5.68. The third-order valence-corrected chi connectivity index (χ3v) is 8.29. The third kappa shape index (κ3) is 8.05. The number of ether oxygens (including phenoxy) is 2. The molecule has 3 aromatic carbocycles. The molecule has 0 saturated carbocycles. The number of aliphatic hydroxyl groups is 1. The highest BCUT2D eigenvalue weighted by molar-refractivity contribution is 7.99. The fourth-order valence-electron chi connectivity index (χ4n) is 4.81. The lowest BCUT2D eigenvalue weighted by Gasteiger charge is -2.36. The number of carboxylic acid groups (broad SMARTS) is 1. The molecule has 0 aliphatic carbocycles. The van der Waals surface area contributed by atoms with Crippen LogP contribution in [0, 0.1) is 0 Å². The van der Waals surface area contributed by atoms with E-state index < -0.39 is 12.3 Å². The van der Waals surface area contributed by atoms with Gasteiger partial charge in [-0.3, -0.25) is 9.59 Å². The third-order valence-electron chi connectivity index (χ3n) is 7.15. The number of thioether (sulfide) groups is 1. The number of amides is 1. The number of aryl methyl sites for hydroxylation is 1. The van der Waals surface area contributed by atoms with Crippen molar-refractivity contribution in [3.8, 4) is 11.1 Å². The van der Waals surface area contributed by atoms with Crippen LogP contribution in [0.25, 0.3) is 11.1 Å². The lowest BCUT2D eigenvalue weighted by atomic mass is 9.97. The number of carboxylic acids is 1. The van der Waals surface area contributed by atoms with E-state index in [2.05, 4.69) is 20.8 Å². The average Bonchev–Trinajstić information content (AvgIpc) is 3.46. The van der Waals surface area contributed by atoms with Crippen LogP contribution in [-0.4, -0.2) is 54.2 Å². The quantitative estimate of drug-likeness (QED) is 0.201. The zero-order valence-electron chi connectivity index (χ0n) is 23.6. The van der Waals surface area contributed by atoms with E-state index in [0.717, 1.165) is 33.4 Å². The molecule has 3 atom stereocenters. The number of aliphatic carboxylic acids is 1. The van der Waals surface area contributed by atoms with Gasteiger partial charge in [-0.25, -0.2) is 4.68 Å². The second-order valence-electron chi connectivity index (χ2n) is 10.2. The van der Waals surface area contributed by atoms with Gasteiger partial charge in [0, 0.05) is 37.8 Å². The summed E-state index contributed by atoms with van der Waals surface area (Å²) in [7, 11) is 1.80. The van der Waals surface area contributed by atoms with Crippen molar-refractivity contribution in [3.63, 3.8) is 0 Å². The van der Waals surface area contributed by atoms with Crippen LogP contribution < -0.4 is 5.32 Å². The van der Waals surface area contributed by atoms with Gasteiger partial charge in [-0.15, -0.1) is 5.10 Å². The Bertz CT molecular complexity index is 1530. The maximum Gasteiger partial charge on any atom is 0.303 e. The molecule has 0 spiro atoms. The van der Waals surface area contributed by atoms with Crippen molar-refractivity contribution in [2.75, 3.05) is 5.75 Å². The van der Waals surface area contributed by atoms with E-state index in [4.69, 9.17) is 14.6 Å². The summed E-state index contributed by atoms with van der Waals surface area (Å²) in [5.41, 5.74) is 5.57. The van der Waals surface area contributed by atoms with Gasteiger partial charge in [0.2, 0.25) is 11.1 Å². The van der Waals surface area contributed by atoms with E-state index in [0.29, 0.717) is 23.9 Å². The van der Waals surface area contributed by atoms with Crippen LogP contribution in [0.3, 0.4) is 0 Å². The topological polar surface area (TPSA) is 149 Å². The molecule has 1 saturated heterocycles. The number of nitrogens with zero attached hydrogens (tertiary/aromatic N) is 4. The number of aromatic nitrogens is 4. The van der Waals surface area contributed by atoms with Crippen molar-refractivity contribution in [2.24, 2.45) is 7.05 Å². The van der Waals surface area contributed by atoms with Gasteiger partial charge in [-0.2, -0.15) is 0 Å². The molecular formula is C31H33N5O6S. The fraction of sp³-hybridized carbons (Fsp3) is 0.323. The summed E-state index contributed by atoms with van der Waals surface area (Å²) in [4.78, 5) is 22.8. The number of hydrogen-bond acceptors (Lipinski definition) is 9. The maximum absolute atomic E-state index is 12.1. The Kier molecular flexibility index (Phi) is 10.2. The van der Waals surface area contributed by atoms with Gasteiger partial charge >= 0.3 is 5.97 Å². The minimum absolute atomic E-state index is 0.0187. The van der Waals surface area contributed by atoms with Crippen molar-refractivity contribution < 1.29 is 29.3 Å². The molecule has 1 aliphatic heterocycles. The van der Waals surface area contributed by atoms with Crippen LogP contribution in [0.5, 0.6) is 0 Å². The first-order chi connectivity index (χ1) is 20.9. The van der Waals surface area contributed by atoms with Crippen LogP contribution in [0.4, 0.5) is 0 Å². The summed E-state index contributed by atoms with van der Waals surface area (Å²) < 4.78 is 14.5. The van der Waals surface area contributed by atoms with E-state index in [1.807, 2.05) is 72.8 Å². The van der Waals surface area contributed by atoms with Gasteiger partial charge in [0.25, 0.3) is 0 Å². The normalized spacial score (nSPS) is 18.3. The number of hydrogen-bond donors (Lipinski definition) is 3. The molecule has 3 unspecified atom stereocenters. The largest absolute Gasteiger partial charge is 0.481 e. The van der Waals surface area contributed by atoms with Gasteiger partial charge < -0.3 is 25.0 Å². The molecule has 1 fully saturated rings. The smallest absolute Gasteiger partial charge is 0.303 e. The molecule has 3 N–H and O–H groups in total. The zero-order valence-corrected chi connectivity index (χ0v) is 24.4. The van der Waals surface area contributed by atoms with E-state index in [9.17, 15) is 14.7 Å². The second-order valence-corrected chi connectivity index (χ2v) is 11.2. The molecule has 0 bridgehead atoms. The molecule has 1 aliphatic rings. The molecule has 43 heavy (non-hydrogen) atoms. The van der Waals surface area contributed by atoms with Crippen molar-refractivity contribution in [1.29, 1.82) is 0 Å². The number of carbonyl (C=O) groups excluding carboxylic acids is 1. The molecular weight excluding hydrogens is 570 g/mol. The van der Waals surface area contributed by atoms with Crippen LogP contribution in [-0.2, 0) is 39.3 Å². The summed E-state index contributed by atoms with van der Waals surface area (Å²) in [6, 6.07) is 23.5. The molecule has 11 nitrogen and oxygen atoms in total. The molecule has 4 aromatic rings. The van der Waals surface area contributed by atoms with Gasteiger partial charge in [-0.05, 0) is 38.2 Å². The van der Waals surface area contributed by atoms with Crippen LogP contribution in [0.1, 0.15) is 53.9 Å². The molecule has 5 rings (SSSR count). The zero-order chi connectivity index (χ0) is 30.2. The molecule has 1 aromatic heterocycles. The number of nitrogens with one attached hydrogen (secondary N) is 1. The minimum atomic E-state index is -1.000. The number of tetrazole rings is 1. The summed E-state index contributed by atoms with van der Waals surface area (Å²) in [6.45, 7) is 0.275. The Morgan fingerprint density at radius 2 is 1.74 bits per heavy atom. The minimum Gasteiger partial charge on any atom is -0.481 e. The molecule has 1 amide bonds. The Balaban J connectivity index is 1.31. The Morgan fingerprint density at radius 1 is 1.00 bits per heavy atom. The Hall–Kier alpha value is -4.10. The number of aliphatic hydroxyl groups excluding tert-OH is 1. The van der Waals surface area contributed by atoms with E-state index >= 15 is 0 Å². The predicted molar refractivity (Wildman–Crippen MR) is 159 cm³/mol. The summed E-state index contributed by atoms with van der Waals surface area (Å²) in [5.74, 6) is -0.661. The SMILES string of the molecule is Cn1nnnc1SCC1CC(c2ccc(CO)cc2)OC(c2ccc(-c3ccccc3CNC(=O)CCC(=O)O)cc2)O1. The summed E-state index contributed by atoms with van der Waals surface area (Å²) >= 11 is 1.53. The van der Waals surface area contributed by atoms with Gasteiger partial charge in [0.1, 0.15) is 0 Å². The number of rotatable bonds is 12. The standard InChI is InChI=1S/C31H33N5O6S/c1-36-31(33-34-35-36)43-19-25-16-27(22-8-6-20(18-37)7-9-22)42-30(41-25)23-12-10-21(11-13-23)26-5-3-2-4-24(26)17-32-28(38)14-15-29(39)40/h2-13,25,27,30,37H,14-19H2,1H3,(H,32,38)(H,39,40). The molecule has 224 valence electrons. The van der Waals surface area contributed by atoms with Gasteiger partial charge in [0.15, 0.2) is 6.29 Å². The maximum atomic E-state index is 12.1. The highest BCUT2D eigenvalue weighted by Gasteiger charge is 2.32. The molecule has 0 radical (unpaired) electrons. The summed E-state index contributed by atoms with van der Waals surface area (Å²) in [5, 5.41) is 33.5. The van der Waals surface area contributed by atoms with Crippen molar-refractivity contribution >= 4 is 23.6 Å². The first-order valence-electron chi connectivity index (χ1n) is 13.9. The van der Waals surface area contributed by atoms with E-state index in [1.54, 1.807) is 11.7 Å². The van der Waals surface area contributed by atoms with Crippen LogP contribution in [0.15, 0.2) is 78.0 Å². The predicted octanol–water partition coefficient (Wildman–Crippen LogP) is 4.19. The van der Waals surface area contributed by atoms with Crippen molar-refractivity contribution in [3.05, 3.63) is 95.1 Å².